The summed E-state index contributed by atoms with van der Waals surface area (Å²) in [5, 5.41) is 8.77. The number of oxazole rings is 1. The van der Waals surface area contributed by atoms with Crippen molar-refractivity contribution in [1.82, 2.24) is 4.98 Å². The van der Waals surface area contributed by atoms with E-state index in [9.17, 15) is 4.79 Å². The van der Waals surface area contributed by atoms with Crippen molar-refractivity contribution in [2.24, 2.45) is 0 Å². The van der Waals surface area contributed by atoms with Crippen LogP contribution in [0, 0.1) is 0 Å². The molecule has 2 aromatic rings. The molecule has 0 radical (unpaired) electrons. The minimum absolute atomic E-state index is 0.125. The normalized spacial score (nSPS) is 10.1. The van der Waals surface area contributed by atoms with Gasteiger partial charge in [0.1, 0.15) is 12.0 Å². The summed E-state index contributed by atoms with van der Waals surface area (Å²) in [7, 11) is 3.30. The molecule has 0 unspecified atom stereocenters. The number of aromatic nitrogens is 1. The summed E-state index contributed by atoms with van der Waals surface area (Å²) in [6.45, 7) is 0. The van der Waals surface area contributed by atoms with Crippen molar-refractivity contribution in [3.05, 3.63) is 36.2 Å². The predicted octanol–water partition coefficient (Wildman–Crippen LogP) is 2.15. The summed E-state index contributed by atoms with van der Waals surface area (Å²) in [5.41, 5.74) is 0.660. The molecule has 0 aliphatic carbocycles. The molecule has 94 valence electrons. The van der Waals surface area contributed by atoms with Crippen molar-refractivity contribution < 1.29 is 19.1 Å². The van der Waals surface area contributed by atoms with Crippen molar-refractivity contribution >= 4 is 17.7 Å². The SMILES string of the molecule is COc1cccc(N(C)c2nc(C(=O)O)co2)c1. The van der Waals surface area contributed by atoms with Crippen LogP contribution in [0.3, 0.4) is 0 Å². The molecular weight excluding hydrogens is 236 g/mol. The van der Waals surface area contributed by atoms with E-state index in [1.165, 1.54) is 0 Å². The zero-order valence-electron chi connectivity index (χ0n) is 9.95. The fraction of sp³-hybridized carbons (Fsp3) is 0.167. The molecule has 0 atom stereocenters. The van der Waals surface area contributed by atoms with Crippen LogP contribution in [-0.4, -0.2) is 30.2 Å². The van der Waals surface area contributed by atoms with Crippen molar-refractivity contribution in [2.45, 2.75) is 0 Å². The molecule has 0 fully saturated rings. The Hall–Kier alpha value is -2.50. The van der Waals surface area contributed by atoms with Crippen molar-refractivity contribution in [1.29, 1.82) is 0 Å². The van der Waals surface area contributed by atoms with Crippen LogP contribution in [0.5, 0.6) is 5.75 Å². The first-order chi connectivity index (χ1) is 8.61. The van der Waals surface area contributed by atoms with Crippen molar-refractivity contribution in [3.8, 4) is 5.75 Å². The number of aromatic carboxylic acids is 1. The molecule has 0 aliphatic rings. The zero-order chi connectivity index (χ0) is 13.1. The number of carboxylic acids is 1. The van der Waals surface area contributed by atoms with Gasteiger partial charge < -0.3 is 14.3 Å². The summed E-state index contributed by atoms with van der Waals surface area (Å²) in [4.78, 5) is 16.2. The highest BCUT2D eigenvalue weighted by Gasteiger charge is 2.15. The van der Waals surface area contributed by atoms with Gasteiger partial charge in [-0.25, -0.2) is 4.79 Å². The lowest BCUT2D eigenvalue weighted by molar-refractivity contribution is 0.0690. The van der Waals surface area contributed by atoms with Gasteiger partial charge in [-0.1, -0.05) is 6.07 Å². The number of nitrogens with zero attached hydrogens (tertiary/aromatic N) is 2. The van der Waals surface area contributed by atoms with Gasteiger partial charge in [0.05, 0.1) is 7.11 Å². The Balaban J connectivity index is 2.28. The number of rotatable bonds is 4. The maximum absolute atomic E-state index is 10.7. The second-order valence-corrected chi connectivity index (χ2v) is 3.58. The first kappa shape index (κ1) is 12.0. The van der Waals surface area contributed by atoms with Gasteiger partial charge in [0, 0.05) is 18.8 Å². The Morgan fingerprint density at radius 2 is 2.28 bits per heavy atom. The van der Waals surface area contributed by atoms with Crippen LogP contribution in [-0.2, 0) is 0 Å². The molecule has 18 heavy (non-hydrogen) atoms. The fourth-order valence-electron chi connectivity index (χ4n) is 1.45. The number of anilines is 2. The summed E-state index contributed by atoms with van der Waals surface area (Å²) in [5.74, 6) is -0.423. The smallest absolute Gasteiger partial charge is 0.357 e. The molecule has 0 bridgehead atoms. The minimum Gasteiger partial charge on any atom is -0.497 e. The molecule has 0 saturated carbocycles. The van der Waals surface area contributed by atoms with Gasteiger partial charge in [0.15, 0.2) is 5.69 Å². The number of benzene rings is 1. The Kier molecular flexibility index (Phi) is 3.18. The first-order valence-corrected chi connectivity index (χ1v) is 5.18. The van der Waals surface area contributed by atoms with E-state index in [4.69, 9.17) is 14.3 Å². The molecule has 2 rings (SSSR count). The van der Waals surface area contributed by atoms with E-state index in [0.717, 1.165) is 12.0 Å². The quantitative estimate of drug-likeness (QED) is 0.893. The third-order valence-corrected chi connectivity index (χ3v) is 2.44. The summed E-state index contributed by atoms with van der Waals surface area (Å²) < 4.78 is 10.2. The van der Waals surface area contributed by atoms with E-state index in [-0.39, 0.29) is 11.7 Å². The molecule has 0 spiro atoms. The zero-order valence-corrected chi connectivity index (χ0v) is 9.95. The number of hydrogen-bond donors (Lipinski definition) is 1. The third kappa shape index (κ3) is 2.27. The maximum Gasteiger partial charge on any atom is 0.357 e. The number of carboxylic acid groups (broad SMARTS) is 1. The molecule has 1 N–H and O–H groups in total. The number of ether oxygens (including phenoxy) is 1. The van der Waals surface area contributed by atoms with E-state index < -0.39 is 5.97 Å². The van der Waals surface area contributed by atoms with Gasteiger partial charge in [-0.05, 0) is 12.1 Å². The summed E-state index contributed by atoms with van der Waals surface area (Å²) >= 11 is 0. The van der Waals surface area contributed by atoms with Crippen molar-refractivity contribution in [2.75, 3.05) is 19.1 Å². The number of methoxy groups -OCH3 is 1. The van der Waals surface area contributed by atoms with Crippen LogP contribution >= 0.6 is 0 Å². The number of carbonyl (C=O) groups is 1. The molecule has 1 aromatic heterocycles. The monoisotopic (exact) mass is 248 g/mol. The van der Waals surface area contributed by atoms with Gasteiger partial charge >= 0.3 is 12.0 Å². The Morgan fingerprint density at radius 3 is 2.89 bits per heavy atom. The third-order valence-electron chi connectivity index (χ3n) is 2.44. The highest BCUT2D eigenvalue weighted by Crippen LogP contribution is 2.26. The Bertz CT molecular complexity index is 565. The van der Waals surface area contributed by atoms with Gasteiger partial charge in [-0.3, -0.25) is 4.90 Å². The Morgan fingerprint density at radius 1 is 1.50 bits per heavy atom. The lowest BCUT2D eigenvalue weighted by atomic mass is 10.3. The average molecular weight is 248 g/mol. The van der Waals surface area contributed by atoms with Gasteiger partial charge in [-0.15, -0.1) is 0 Å². The molecule has 1 heterocycles. The molecule has 0 amide bonds. The van der Waals surface area contributed by atoms with Gasteiger partial charge in [-0.2, -0.15) is 4.98 Å². The van der Waals surface area contributed by atoms with Crippen molar-refractivity contribution in [3.63, 3.8) is 0 Å². The molecule has 0 saturated heterocycles. The fourth-order valence-corrected chi connectivity index (χ4v) is 1.45. The van der Waals surface area contributed by atoms with Crippen LogP contribution in [0.1, 0.15) is 10.5 Å². The Labute approximate surface area is 103 Å². The number of hydrogen-bond acceptors (Lipinski definition) is 5. The van der Waals surface area contributed by atoms with Crippen LogP contribution < -0.4 is 9.64 Å². The maximum atomic E-state index is 10.7. The second-order valence-electron chi connectivity index (χ2n) is 3.58. The first-order valence-electron chi connectivity index (χ1n) is 5.18. The summed E-state index contributed by atoms with van der Waals surface area (Å²) in [6, 6.07) is 7.49. The van der Waals surface area contributed by atoms with E-state index in [0.29, 0.717) is 5.75 Å². The van der Waals surface area contributed by atoms with E-state index in [1.807, 2.05) is 18.2 Å². The minimum atomic E-state index is -1.12. The van der Waals surface area contributed by atoms with E-state index >= 15 is 0 Å². The highest BCUT2D eigenvalue weighted by atomic mass is 16.5. The molecule has 6 nitrogen and oxygen atoms in total. The molecule has 0 aliphatic heterocycles. The molecule has 1 aromatic carbocycles. The van der Waals surface area contributed by atoms with E-state index in [2.05, 4.69) is 4.98 Å². The lowest BCUT2D eigenvalue weighted by Crippen LogP contribution is -2.10. The average Bonchev–Trinajstić information content (AvgIpc) is 2.87. The largest absolute Gasteiger partial charge is 0.497 e. The predicted molar refractivity (Wildman–Crippen MR) is 64.5 cm³/mol. The summed E-state index contributed by atoms with van der Waals surface area (Å²) in [6.07, 6.45) is 1.11. The van der Waals surface area contributed by atoms with Crippen LogP contribution in [0.2, 0.25) is 0 Å². The van der Waals surface area contributed by atoms with Gasteiger partial charge in [0.2, 0.25) is 0 Å². The van der Waals surface area contributed by atoms with Crippen LogP contribution in [0.15, 0.2) is 34.9 Å². The topological polar surface area (TPSA) is 75.8 Å². The van der Waals surface area contributed by atoms with Crippen LogP contribution in [0.25, 0.3) is 0 Å². The second kappa shape index (κ2) is 4.79. The molecular formula is C12H12N2O4. The molecule has 6 heteroatoms. The van der Waals surface area contributed by atoms with Crippen LogP contribution in [0.4, 0.5) is 11.7 Å². The van der Waals surface area contributed by atoms with E-state index in [1.54, 1.807) is 25.1 Å². The van der Waals surface area contributed by atoms with Gasteiger partial charge in [0.25, 0.3) is 0 Å². The standard InChI is InChI=1S/C12H12N2O4/c1-14(8-4-3-5-9(6-8)17-2)12-13-10(7-18-12)11(15)16/h3-7H,1-2H3,(H,15,16). The lowest BCUT2D eigenvalue weighted by Gasteiger charge is -2.15. The highest BCUT2D eigenvalue weighted by molar-refractivity contribution is 5.85.